The van der Waals surface area contributed by atoms with Crippen molar-refractivity contribution in [3.8, 4) is 0 Å². The monoisotopic (exact) mass is 281 g/mol. The van der Waals surface area contributed by atoms with Gasteiger partial charge in [0.1, 0.15) is 5.38 Å². The van der Waals surface area contributed by atoms with E-state index < -0.39 is 0 Å². The number of nitrogens with zero attached hydrogens (tertiary/aromatic N) is 2. The third-order valence-corrected chi connectivity index (χ3v) is 5.38. The molecule has 0 radical (unpaired) electrons. The third kappa shape index (κ3) is 2.04. The first-order chi connectivity index (χ1) is 9.12. The Morgan fingerprint density at radius 3 is 2.21 bits per heavy atom. The van der Waals surface area contributed by atoms with Crippen LogP contribution in [0.25, 0.3) is 0 Å². The van der Waals surface area contributed by atoms with Gasteiger partial charge in [-0.1, -0.05) is 5.10 Å². The molecule has 1 unspecified atom stereocenters. The van der Waals surface area contributed by atoms with Crippen LogP contribution < -0.4 is 5.32 Å². The Morgan fingerprint density at radius 2 is 1.74 bits per heavy atom. The van der Waals surface area contributed by atoms with Gasteiger partial charge in [0.15, 0.2) is 0 Å². The summed E-state index contributed by atoms with van der Waals surface area (Å²) in [5, 5.41) is 11.4. The molecule has 4 nitrogen and oxygen atoms in total. The molecule has 0 amide bonds. The predicted molar refractivity (Wildman–Crippen MR) is 73.1 cm³/mol. The summed E-state index contributed by atoms with van der Waals surface area (Å²) < 4.78 is 5.62. The largest absolute Gasteiger partial charge is 0.406 e. The van der Waals surface area contributed by atoms with Crippen LogP contribution >= 0.6 is 11.6 Å². The van der Waals surface area contributed by atoms with Crippen molar-refractivity contribution >= 4 is 17.6 Å². The number of nitrogens with one attached hydrogen (secondary N) is 1. The molecule has 4 bridgehead atoms. The topological polar surface area (TPSA) is 51.0 Å². The van der Waals surface area contributed by atoms with E-state index >= 15 is 0 Å². The fraction of sp³-hybridized carbons (Fsp3) is 0.857. The van der Waals surface area contributed by atoms with E-state index in [-0.39, 0.29) is 10.9 Å². The molecule has 4 aliphatic rings. The average molecular weight is 282 g/mol. The number of aromatic nitrogens is 2. The van der Waals surface area contributed by atoms with Crippen LogP contribution in [0, 0.1) is 17.8 Å². The number of anilines is 1. The maximum atomic E-state index is 5.97. The lowest BCUT2D eigenvalue weighted by Gasteiger charge is -2.56. The number of halogens is 1. The summed E-state index contributed by atoms with van der Waals surface area (Å²) in [5.74, 6) is 3.24. The van der Waals surface area contributed by atoms with Crippen LogP contribution in [0.2, 0.25) is 0 Å². The van der Waals surface area contributed by atoms with Crippen LogP contribution in [0.1, 0.15) is 56.7 Å². The first-order valence-corrected chi connectivity index (χ1v) is 7.81. The van der Waals surface area contributed by atoms with E-state index in [0.717, 1.165) is 17.8 Å². The van der Waals surface area contributed by atoms with Gasteiger partial charge in [-0.2, -0.15) is 0 Å². The van der Waals surface area contributed by atoms with Crippen LogP contribution in [-0.2, 0) is 0 Å². The van der Waals surface area contributed by atoms with Crippen molar-refractivity contribution in [2.24, 2.45) is 17.8 Å². The van der Waals surface area contributed by atoms with Crippen molar-refractivity contribution < 1.29 is 4.42 Å². The molecule has 4 fully saturated rings. The zero-order valence-corrected chi connectivity index (χ0v) is 12.0. The third-order valence-electron chi connectivity index (χ3n) is 5.19. The standard InChI is InChI=1S/C14H20ClN3O/c1-8(15)12-17-18-13(19-12)16-14-5-9-2-10(6-14)4-11(3-9)7-14/h8-11H,2-7H2,1H3,(H,16,18). The van der Waals surface area contributed by atoms with E-state index in [0.29, 0.717) is 11.9 Å². The van der Waals surface area contributed by atoms with Gasteiger partial charge in [0.05, 0.1) is 0 Å². The Morgan fingerprint density at radius 1 is 1.16 bits per heavy atom. The van der Waals surface area contributed by atoms with E-state index in [1.165, 1.54) is 38.5 Å². The van der Waals surface area contributed by atoms with Crippen LogP contribution in [0.5, 0.6) is 0 Å². The number of hydrogen-bond acceptors (Lipinski definition) is 4. The quantitative estimate of drug-likeness (QED) is 0.857. The summed E-state index contributed by atoms with van der Waals surface area (Å²) >= 11 is 5.97. The van der Waals surface area contributed by atoms with Gasteiger partial charge >= 0.3 is 6.01 Å². The number of rotatable bonds is 3. The molecule has 5 heteroatoms. The van der Waals surface area contributed by atoms with Gasteiger partial charge in [-0.05, 0) is 63.2 Å². The summed E-state index contributed by atoms with van der Waals surface area (Å²) in [6.07, 6.45) is 8.13. The molecule has 1 atom stereocenters. The van der Waals surface area contributed by atoms with Crippen molar-refractivity contribution in [3.63, 3.8) is 0 Å². The molecule has 0 spiro atoms. The molecule has 4 aliphatic carbocycles. The van der Waals surface area contributed by atoms with E-state index in [1.54, 1.807) is 0 Å². The maximum Gasteiger partial charge on any atom is 0.315 e. The Kier molecular flexibility index (Phi) is 2.60. The normalized spacial score (nSPS) is 41.5. The van der Waals surface area contributed by atoms with Gasteiger partial charge in [-0.15, -0.1) is 16.7 Å². The zero-order chi connectivity index (χ0) is 13.0. The van der Waals surface area contributed by atoms with Crippen molar-refractivity contribution in [2.45, 2.75) is 56.4 Å². The fourth-order valence-electron chi connectivity index (χ4n) is 4.94. The summed E-state index contributed by atoms with van der Waals surface area (Å²) in [4.78, 5) is 0. The molecular formula is C14H20ClN3O. The highest BCUT2D eigenvalue weighted by Crippen LogP contribution is 2.56. The van der Waals surface area contributed by atoms with Crippen LogP contribution in [0.15, 0.2) is 4.42 Å². The highest BCUT2D eigenvalue weighted by molar-refractivity contribution is 6.20. The smallest absolute Gasteiger partial charge is 0.315 e. The lowest BCUT2D eigenvalue weighted by Crippen LogP contribution is -2.54. The molecule has 19 heavy (non-hydrogen) atoms. The Bertz CT molecular complexity index is 450. The summed E-state index contributed by atoms with van der Waals surface area (Å²) in [7, 11) is 0. The second kappa shape index (κ2) is 4.11. The van der Waals surface area contributed by atoms with Crippen LogP contribution in [-0.4, -0.2) is 15.7 Å². The van der Waals surface area contributed by atoms with Crippen LogP contribution in [0.3, 0.4) is 0 Å². The highest BCUT2D eigenvalue weighted by Gasteiger charge is 2.51. The second-order valence-corrected chi connectivity index (χ2v) is 7.54. The minimum atomic E-state index is -0.223. The van der Waals surface area contributed by atoms with Crippen molar-refractivity contribution in [1.29, 1.82) is 0 Å². The fourth-order valence-corrected chi connectivity index (χ4v) is 5.02. The van der Waals surface area contributed by atoms with Gasteiger partial charge in [-0.25, -0.2) is 0 Å². The average Bonchev–Trinajstić information content (AvgIpc) is 2.74. The Labute approximate surface area is 118 Å². The number of alkyl halides is 1. The summed E-state index contributed by atoms with van der Waals surface area (Å²) in [6.45, 7) is 1.85. The highest BCUT2D eigenvalue weighted by atomic mass is 35.5. The lowest BCUT2D eigenvalue weighted by molar-refractivity contribution is 0.00958. The molecule has 4 saturated carbocycles. The van der Waals surface area contributed by atoms with Crippen molar-refractivity contribution in [3.05, 3.63) is 5.89 Å². The molecule has 104 valence electrons. The Hall–Kier alpha value is -0.770. The first kappa shape index (κ1) is 12.0. The van der Waals surface area contributed by atoms with E-state index in [2.05, 4.69) is 15.5 Å². The summed E-state index contributed by atoms with van der Waals surface area (Å²) in [6, 6.07) is 0.560. The molecule has 1 aromatic heterocycles. The maximum absolute atomic E-state index is 5.97. The first-order valence-electron chi connectivity index (χ1n) is 7.37. The van der Waals surface area contributed by atoms with E-state index in [4.69, 9.17) is 16.0 Å². The lowest BCUT2D eigenvalue weighted by atomic mass is 9.53. The minimum absolute atomic E-state index is 0.216. The molecule has 5 rings (SSSR count). The van der Waals surface area contributed by atoms with Crippen LogP contribution in [0.4, 0.5) is 6.01 Å². The van der Waals surface area contributed by atoms with Gasteiger partial charge in [0.2, 0.25) is 5.89 Å². The van der Waals surface area contributed by atoms with Gasteiger partial charge in [0.25, 0.3) is 0 Å². The molecule has 1 heterocycles. The summed E-state index contributed by atoms with van der Waals surface area (Å²) in [5.41, 5.74) is 0.216. The van der Waals surface area contributed by atoms with Crippen molar-refractivity contribution in [2.75, 3.05) is 5.32 Å². The molecule has 0 saturated heterocycles. The predicted octanol–water partition coefficient (Wildman–Crippen LogP) is 3.75. The number of hydrogen-bond donors (Lipinski definition) is 1. The van der Waals surface area contributed by atoms with E-state index in [1.807, 2.05) is 6.92 Å². The van der Waals surface area contributed by atoms with Gasteiger partial charge < -0.3 is 9.73 Å². The molecule has 1 aromatic rings. The van der Waals surface area contributed by atoms with E-state index in [9.17, 15) is 0 Å². The molecule has 1 N–H and O–H groups in total. The van der Waals surface area contributed by atoms with Gasteiger partial charge in [0, 0.05) is 5.54 Å². The van der Waals surface area contributed by atoms with Crippen molar-refractivity contribution in [1.82, 2.24) is 10.2 Å². The second-order valence-electron chi connectivity index (χ2n) is 6.88. The zero-order valence-electron chi connectivity index (χ0n) is 11.2. The minimum Gasteiger partial charge on any atom is -0.406 e. The SMILES string of the molecule is CC(Cl)c1nnc(NC23CC4CC(CC(C4)C2)C3)o1. The Balaban J connectivity index is 1.55. The molecule has 0 aliphatic heterocycles. The van der Waals surface area contributed by atoms with Gasteiger partial charge in [-0.3, -0.25) is 0 Å². The molecule has 0 aromatic carbocycles. The molecular weight excluding hydrogens is 262 g/mol.